The van der Waals surface area contributed by atoms with Crippen molar-refractivity contribution in [2.24, 2.45) is 5.92 Å². The fourth-order valence-corrected chi connectivity index (χ4v) is 3.70. The molecule has 3 rings (SSSR count). The number of carbonyl (C=O) groups excluding carboxylic acids is 1. The van der Waals surface area contributed by atoms with Crippen LogP contribution in [0.1, 0.15) is 30.6 Å². The van der Waals surface area contributed by atoms with Crippen molar-refractivity contribution in [3.8, 4) is 5.88 Å². The van der Waals surface area contributed by atoms with Crippen molar-refractivity contribution in [1.82, 2.24) is 14.8 Å². The van der Waals surface area contributed by atoms with Gasteiger partial charge in [-0.2, -0.15) is 0 Å². The number of hydrogen-bond donors (Lipinski definition) is 0. The van der Waals surface area contributed by atoms with Crippen molar-refractivity contribution in [3.63, 3.8) is 0 Å². The van der Waals surface area contributed by atoms with Crippen molar-refractivity contribution in [1.29, 1.82) is 0 Å². The molecule has 2 atom stereocenters. The molecule has 6 heteroatoms. The van der Waals surface area contributed by atoms with E-state index in [2.05, 4.69) is 16.8 Å². The van der Waals surface area contributed by atoms with Crippen LogP contribution in [-0.4, -0.2) is 72.7 Å². The molecule has 3 heterocycles. The summed E-state index contributed by atoms with van der Waals surface area (Å²) in [6.45, 7) is 9.81. The van der Waals surface area contributed by atoms with E-state index in [1.807, 2.05) is 11.8 Å². The molecule has 2 fully saturated rings. The van der Waals surface area contributed by atoms with Gasteiger partial charge in [-0.25, -0.2) is 4.98 Å². The fourth-order valence-electron chi connectivity index (χ4n) is 3.70. The average Bonchev–Trinajstić information content (AvgIpc) is 3.07. The van der Waals surface area contributed by atoms with Gasteiger partial charge in [-0.05, 0) is 18.9 Å². The topological polar surface area (TPSA) is 54.9 Å². The van der Waals surface area contributed by atoms with Gasteiger partial charge in [-0.1, -0.05) is 13.3 Å². The van der Waals surface area contributed by atoms with Crippen LogP contribution in [0.4, 0.5) is 0 Å². The zero-order valence-electron chi connectivity index (χ0n) is 14.6. The van der Waals surface area contributed by atoms with Gasteiger partial charge in [0.1, 0.15) is 0 Å². The molecule has 0 spiro atoms. The molecule has 0 aromatic carbocycles. The molecule has 0 N–H and O–H groups in total. The summed E-state index contributed by atoms with van der Waals surface area (Å²) < 4.78 is 10.9. The lowest BCUT2D eigenvalue weighted by atomic mass is 9.99. The van der Waals surface area contributed by atoms with Crippen LogP contribution in [0.3, 0.4) is 0 Å². The standard InChI is InChI=1S/C18H27N3O3/c1-3-14-12-21(13-16(14)20-7-9-23-10-8-20)18(22)15-5-6-19-17(11-15)24-4-2/h5-6,11,14,16H,3-4,7-10,12-13H2,1-2H3. The molecular formula is C18H27N3O3. The van der Waals surface area contributed by atoms with Crippen LogP contribution in [-0.2, 0) is 4.74 Å². The first-order chi connectivity index (χ1) is 11.7. The molecule has 1 aromatic heterocycles. The Morgan fingerprint density at radius 2 is 2.12 bits per heavy atom. The summed E-state index contributed by atoms with van der Waals surface area (Å²) in [5, 5.41) is 0. The molecule has 0 aliphatic carbocycles. The molecule has 2 aliphatic heterocycles. The number of hydrogen-bond acceptors (Lipinski definition) is 5. The molecule has 24 heavy (non-hydrogen) atoms. The number of nitrogens with zero attached hydrogens (tertiary/aromatic N) is 3. The Morgan fingerprint density at radius 3 is 2.83 bits per heavy atom. The number of aromatic nitrogens is 1. The summed E-state index contributed by atoms with van der Waals surface area (Å²) in [5.74, 6) is 1.12. The molecule has 132 valence electrons. The monoisotopic (exact) mass is 333 g/mol. The summed E-state index contributed by atoms with van der Waals surface area (Å²) in [6.07, 6.45) is 2.73. The van der Waals surface area contributed by atoms with Gasteiger partial charge < -0.3 is 14.4 Å². The number of amides is 1. The lowest BCUT2D eigenvalue weighted by Gasteiger charge is -2.34. The van der Waals surface area contributed by atoms with Crippen molar-refractivity contribution in [3.05, 3.63) is 23.9 Å². The third kappa shape index (κ3) is 3.70. The highest BCUT2D eigenvalue weighted by Gasteiger charge is 2.38. The second kappa shape index (κ2) is 7.94. The van der Waals surface area contributed by atoms with Crippen LogP contribution in [0.5, 0.6) is 5.88 Å². The van der Waals surface area contributed by atoms with Crippen LogP contribution >= 0.6 is 0 Å². The van der Waals surface area contributed by atoms with E-state index in [9.17, 15) is 4.79 Å². The number of pyridine rings is 1. The van der Waals surface area contributed by atoms with E-state index in [-0.39, 0.29) is 5.91 Å². The van der Waals surface area contributed by atoms with Crippen LogP contribution in [0.25, 0.3) is 0 Å². The predicted octanol–water partition coefficient (Wildman–Crippen LogP) is 1.66. The Labute approximate surface area is 143 Å². The summed E-state index contributed by atoms with van der Waals surface area (Å²) in [7, 11) is 0. The lowest BCUT2D eigenvalue weighted by Crippen LogP contribution is -2.47. The minimum atomic E-state index is 0.0764. The molecule has 1 aromatic rings. The van der Waals surface area contributed by atoms with Crippen LogP contribution in [0, 0.1) is 5.92 Å². The van der Waals surface area contributed by atoms with Crippen molar-refractivity contribution >= 4 is 5.91 Å². The van der Waals surface area contributed by atoms with Gasteiger partial charge in [0.05, 0.1) is 19.8 Å². The normalized spacial score (nSPS) is 25.0. The van der Waals surface area contributed by atoms with Gasteiger partial charge in [0.15, 0.2) is 0 Å². The molecule has 2 unspecified atom stereocenters. The predicted molar refractivity (Wildman–Crippen MR) is 91.3 cm³/mol. The number of rotatable bonds is 5. The van der Waals surface area contributed by atoms with E-state index in [1.54, 1.807) is 18.3 Å². The van der Waals surface area contributed by atoms with E-state index < -0.39 is 0 Å². The summed E-state index contributed by atoms with van der Waals surface area (Å²) in [4.78, 5) is 21.5. The molecule has 2 aliphatic rings. The number of likely N-dealkylation sites (tertiary alicyclic amines) is 1. The Bertz CT molecular complexity index is 560. The van der Waals surface area contributed by atoms with Crippen molar-refractivity contribution in [2.75, 3.05) is 46.0 Å². The van der Waals surface area contributed by atoms with Gasteiger partial charge in [0, 0.05) is 50.0 Å². The quantitative estimate of drug-likeness (QED) is 0.820. The van der Waals surface area contributed by atoms with E-state index in [1.165, 1.54) is 0 Å². The van der Waals surface area contributed by atoms with Gasteiger partial charge in [0.25, 0.3) is 5.91 Å². The first-order valence-corrected chi connectivity index (χ1v) is 8.92. The highest BCUT2D eigenvalue weighted by atomic mass is 16.5. The third-order valence-corrected chi connectivity index (χ3v) is 5.01. The van der Waals surface area contributed by atoms with E-state index in [0.29, 0.717) is 30.0 Å². The van der Waals surface area contributed by atoms with Crippen LogP contribution in [0.15, 0.2) is 18.3 Å². The zero-order chi connectivity index (χ0) is 16.9. The maximum absolute atomic E-state index is 12.9. The number of morpholine rings is 1. The largest absolute Gasteiger partial charge is 0.478 e. The Hall–Kier alpha value is -1.66. The highest BCUT2D eigenvalue weighted by Crippen LogP contribution is 2.27. The van der Waals surface area contributed by atoms with E-state index in [4.69, 9.17) is 9.47 Å². The highest BCUT2D eigenvalue weighted by molar-refractivity contribution is 5.94. The second-order valence-electron chi connectivity index (χ2n) is 6.41. The number of ether oxygens (including phenoxy) is 2. The minimum absolute atomic E-state index is 0.0764. The van der Waals surface area contributed by atoms with Gasteiger partial charge in [-0.15, -0.1) is 0 Å². The first-order valence-electron chi connectivity index (χ1n) is 8.92. The smallest absolute Gasteiger partial charge is 0.254 e. The molecule has 0 radical (unpaired) electrons. The molecule has 2 saturated heterocycles. The summed E-state index contributed by atoms with van der Waals surface area (Å²) in [5.41, 5.74) is 0.658. The van der Waals surface area contributed by atoms with Gasteiger partial charge >= 0.3 is 0 Å². The SMILES string of the molecule is CCOc1cc(C(=O)N2CC(CC)C(N3CCOCC3)C2)ccn1. The zero-order valence-corrected chi connectivity index (χ0v) is 14.6. The minimum Gasteiger partial charge on any atom is -0.478 e. The maximum atomic E-state index is 12.9. The number of carbonyl (C=O) groups is 1. The van der Waals surface area contributed by atoms with Gasteiger partial charge in [-0.3, -0.25) is 9.69 Å². The lowest BCUT2D eigenvalue weighted by molar-refractivity contribution is 0.0103. The Kier molecular flexibility index (Phi) is 5.68. The molecule has 6 nitrogen and oxygen atoms in total. The summed E-state index contributed by atoms with van der Waals surface area (Å²) >= 11 is 0. The first kappa shape index (κ1) is 17.2. The molecule has 1 amide bonds. The molecular weight excluding hydrogens is 306 g/mol. The summed E-state index contributed by atoms with van der Waals surface area (Å²) in [6, 6.07) is 3.96. The molecule has 0 bridgehead atoms. The van der Waals surface area contributed by atoms with Crippen LogP contribution < -0.4 is 4.74 Å². The van der Waals surface area contributed by atoms with Gasteiger partial charge in [0.2, 0.25) is 5.88 Å². The van der Waals surface area contributed by atoms with Crippen LogP contribution in [0.2, 0.25) is 0 Å². The second-order valence-corrected chi connectivity index (χ2v) is 6.41. The van der Waals surface area contributed by atoms with Crippen molar-refractivity contribution < 1.29 is 14.3 Å². The maximum Gasteiger partial charge on any atom is 0.254 e. The Morgan fingerprint density at radius 1 is 1.33 bits per heavy atom. The Balaban J connectivity index is 1.70. The average molecular weight is 333 g/mol. The van der Waals surface area contributed by atoms with E-state index in [0.717, 1.165) is 45.8 Å². The molecule has 0 saturated carbocycles. The van der Waals surface area contributed by atoms with E-state index >= 15 is 0 Å². The third-order valence-electron chi connectivity index (χ3n) is 5.01. The fraction of sp³-hybridized carbons (Fsp3) is 0.667. The van der Waals surface area contributed by atoms with Crippen molar-refractivity contribution in [2.45, 2.75) is 26.3 Å².